The maximum Gasteiger partial charge on any atom is 0.238 e. The summed E-state index contributed by atoms with van der Waals surface area (Å²) in [7, 11) is -0.135. The number of anilines is 5. The number of carbonyl (C=O) groups is 1. The van der Waals surface area contributed by atoms with Crippen LogP contribution in [-0.2, 0) is 15.7 Å². The van der Waals surface area contributed by atoms with Crippen LogP contribution in [0.25, 0.3) is 11.0 Å². The Kier molecular flexibility index (Phi) is 9.35. The molecule has 4 rings (SSSR count). The summed E-state index contributed by atoms with van der Waals surface area (Å²) in [5.41, 5.74) is 2.38. The van der Waals surface area contributed by atoms with E-state index in [1.807, 2.05) is 24.8 Å². The molecule has 1 amide bonds. The number of aromatic nitrogens is 2. The molecule has 1 aromatic heterocycles. The summed E-state index contributed by atoms with van der Waals surface area (Å²) >= 11 is 0. The molecule has 3 aromatic carbocycles. The summed E-state index contributed by atoms with van der Waals surface area (Å²) in [5.74, 6) is 1.14. The molecular weight excluding hydrogens is 532 g/mol. The van der Waals surface area contributed by atoms with E-state index in [1.54, 1.807) is 60.7 Å². The van der Waals surface area contributed by atoms with Crippen LogP contribution < -0.4 is 24.4 Å². The SMILES string of the molecule is CCN(CC)CC(=O)Nc1cccc(N(c2nc3ccccc3nc2Nc2cc(OC)cc(OC)c2)[SH](=O)=O)c1. The quantitative estimate of drug-likeness (QED) is 0.216. The van der Waals surface area contributed by atoms with Crippen LogP contribution >= 0.6 is 0 Å². The van der Waals surface area contributed by atoms with Gasteiger partial charge in [0.2, 0.25) is 16.8 Å². The number of hydrogen-bond acceptors (Lipinski definition) is 9. The number of thiol groups is 1. The average Bonchev–Trinajstić information content (AvgIpc) is 2.96. The topological polar surface area (TPSA) is 126 Å². The average molecular weight is 565 g/mol. The second-order valence-electron chi connectivity index (χ2n) is 8.72. The van der Waals surface area contributed by atoms with E-state index < -0.39 is 10.9 Å². The first-order valence-corrected chi connectivity index (χ1v) is 13.8. The summed E-state index contributed by atoms with van der Waals surface area (Å²) < 4.78 is 37.3. The van der Waals surface area contributed by atoms with Crippen molar-refractivity contribution in [1.82, 2.24) is 14.9 Å². The zero-order chi connectivity index (χ0) is 28.6. The lowest BCUT2D eigenvalue weighted by molar-refractivity contribution is -0.117. The van der Waals surface area contributed by atoms with Crippen LogP contribution in [0.15, 0.2) is 66.7 Å². The van der Waals surface area contributed by atoms with Crippen molar-refractivity contribution in [3.8, 4) is 11.5 Å². The van der Waals surface area contributed by atoms with Crippen molar-refractivity contribution in [2.45, 2.75) is 13.8 Å². The molecule has 2 N–H and O–H groups in total. The minimum Gasteiger partial charge on any atom is -0.497 e. The van der Waals surface area contributed by atoms with Crippen LogP contribution in [0.2, 0.25) is 0 Å². The van der Waals surface area contributed by atoms with E-state index in [-0.39, 0.29) is 29.8 Å². The summed E-state index contributed by atoms with van der Waals surface area (Å²) in [6.07, 6.45) is 0. The molecule has 0 aliphatic carbocycles. The van der Waals surface area contributed by atoms with Crippen molar-refractivity contribution in [1.29, 1.82) is 0 Å². The highest BCUT2D eigenvalue weighted by atomic mass is 32.2. The van der Waals surface area contributed by atoms with Gasteiger partial charge in [0.15, 0.2) is 11.6 Å². The van der Waals surface area contributed by atoms with Crippen molar-refractivity contribution >= 4 is 56.5 Å². The molecule has 0 saturated heterocycles. The number of nitrogens with zero attached hydrogens (tertiary/aromatic N) is 4. The van der Waals surface area contributed by atoms with E-state index in [4.69, 9.17) is 14.5 Å². The van der Waals surface area contributed by atoms with Crippen molar-refractivity contribution in [2.24, 2.45) is 0 Å². The maximum atomic E-state index is 12.7. The third-order valence-electron chi connectivity index (χ3n) is 6.17. The van der Waals surface area contributed by atoms with Crippen LogP contribution in [0.1, 0.15) is 13.8 Å². The Morgan fingerprint density at radius 1 is 0.850 bits per heavy atom. The minimum atomic E-state index is -3.21. The Hall–Kier alpha value is -4.42. The highest BCUT2D eigenvalue weighted by molar-refractivity contribution is 7.74. The van der Waals surface area contributed by atoms with E-state index in [1.165, 1.54) is 14.2 Å². The molecule has 0 radical (unpaired) electrons. The number of rotatable bonds is 12. The summed E-state index contributed by atoms with van der Waals surface area (Å²) in [4.78, 5) is 23.9. The van der Waals surface area contributed by atoms with Gasteiger partial charge in [0, 0.05) is 29.6 Å². The predicted octanol–water partition coefficient (Wildman–Crippen LogP) is 4.34. The van der Waals surface area contributed by atoms with Gasteiger partial charge in [-0.3, -0.25) is 9.69 Å². The van der Waals surface area contributed by atoms with Crippen LogP contribution in [0.3, 0.4) is 0 Å². The predicted molar refractivity (Wildman–Crippen MR) is 158 cm³/mol. The lowest BCUT2D eigenvalue weighted by Gasteiger charge is -2.22. The normalized spacial score (nSPS) is 11.1. The third kappa shape index (κ3) is 6.77. The van der Waals surface area contributed by atoms with Gasteiger partial charge in [0.1, 0.15) is 11.5 Å². The largest absolute Gasteiger partial charge is 0.497 e. The fourth-order valence-corrected chi connectivity index (χ4v) is 4.71. The van der Waals surface area contributed by atoms with Crippen LogP contribution in [0, 0.1) is 0 Å². The monoisotopic (exact) mass is 564 g/mol. The molecule has 0 aliphatic heterocycles. The molecular formula is C28H32N6O5S. The molecule has 4 aromatic rings. The molecule has 0 aliphatic rings. The number of nitrogens with one attached hydrogen (secondary N) is 2. The number of para-hydroxylation sites is 2. The lowest BCUT2D eigenvalue weighted by Crippen LogP contribution is -2.32. The molecule has 0 saturated carbocycles. The smallest absolute Gasteiger partial charge is 0.238 e. The van der Waals surface area contributed by atoms with Gasteiger partial charge >= 0.3 is 0 Å². The fraction of sp³-hybridized carbons (Fsp3) is 0.250. The second kappa shape index (κ2) is 13.1. The Bertz CT molecular complexity index is 1540. The number of methoxy groups -OCH3 is 2. The summed E-state index contributed by atoms with van der Waals surface area (Å²) in [6.45, 7) is 5.68. The molecule has 40 heavy (non-hydrogen) atoms. The molecule has 210 valence electrons. The molecule has 1 heterocycles. The van der Waals surface area contributed by atoms with Crippen LogP contribution in [0.5, 0.6) is 11.5 Å². The first-order valence-electron chi connectivity index (χ1n) is 12.7. The zero-order valence-corrected chi connectivity index (χ0v) is 23.6. The number of carbonyl (C=O) groups excluding carboxylic acids is 1. The van der Waals surface area contributed by atoms with Gasteiger partial charge in [0.25, 0.3) is 0 Å². The number of benzene rings is 3. The number of hydrogen-bond donors (Lipinski definition) is 3. The number of ether oxygens (including phenoxy) is 2. The third-order valence-corrected chi connectivity index (χ3v) is 6.91. The molecule has 0 spiro atoms. The van der Waals surface area contributed by atoms with Crippen molar-refractivity contribution < 1.29 is 22.7 Å². The van der Waals surface area contributed by atoms with E-state index in [0.717, 1.165) is 17.4 Å². The van der Waals surface area contributed by atoms with Crippen molar-refractivity contribution in [3.05, 3.63) is 66.7 Å². The minimum absolute atomic E-state index is 0.0585. The molecule has 12 heteroatoms. The highest BCUT2D eigenvalue weighted by Gasteiger charge is 2.22. The zero-order valence-electron chi connectivity index (χ0n) is 22.7. The van der Waals surface area contributed by atoms with E-state index >= 15 is 0 Å². The van der Waals surface area contributed by atoms with Gasteiger partial charge < -0.3 is 20.1 Å². The standard InChI is InChI=1S/C28H32N6O5S/c1-5-33(6-2)18-26(35)29-19-10-9-11-21(14-19)34(40(36)37)28-27(31-24-12-7-8-13-25(24)32-28)30-20-15-22(38-3)17-23(16-20)39-4/h7-17,40H,5-6,18H2,1-4H3,(H,29,35)(H,30,31). The second-order valence-corrected chi connectivity index (χ2v) is 9.60. The van der Waals surface area contributed by atoms with Gasteiger partial charge in [0.05, 0.1) is 37.5 Å². The maximum absolute atomic E-state index is 12.7. The van der Waals surface area contributed by atoms with Gasteiger partial charge in [-0.15, -0.1) is 0 Å². The van der Waals surface area contributed by atoms with Crippen LogP contribution in [-0.4, -0.2) is 63.0 Å². The summed E-state index contributed by atoms with van der Waals surface area (Å²) in [6, 6.07) is 18.9. The van der Waals surface area contributed by atoms with Crippen molar-refractivity contribution in [3.63, 3.8) is 0 Å². The Labute approximate surface area is 234 Å². The van der Waals surface area contributed by atoms with E-state index in [2.05, 4.69) is 15.6 Å². The lowest BCUT2D eigenvalue weighted by atomic mass is 10.2. The molecule has 0 atom stereocenters. The Morgan fingerprint density at radius 3 is 2.10 bits per heavy atom. The Balaban J connectivity index is 1.77. The van der Waals surface area contributed by atoms with Crippen LogP contribution in [0.4, 0.5) is 28.7 Å². The highest BCUT2D eigenvalue weighted by Crippen LogP contribution is 2.35. The summed E-state index contributed by atoms with van der Waals surface area (Å²) in [5, 5.41) is 6.04. The molecule has 0 fully saturated rings. The van der Waals surface area contributed by atoms with Crippen molar-refractivity contribution in [2.75, 3.05) is 48.8 Å². The number of likely N-dealkylation sites (N-methyl/N-ethyl adjacent to an activating group) is 1. The van der Waals surface area contributed by atoms with Gasteiger partial charge in [-0.2, -0.15) is 0 Å². The number of fused-ring (bicyclic) bond motifs is 1. The van der Waals surface area contributed by atoms with Gasteiger partial charge in [-0.25, -0.2) is 22.7 Å². The number of amides is 1. The Morgan fingerprint density at radius 2 is 1.50 bits per heavy atom. The van der Waals surface area contributed by atoms with E-state index in [0.29, 0.717) is 33.9 Å². The molecule has 11 nitrogen and oxygen atoms in total. The molecule has 0 bridgehead atoms. The fourth-order valence-electron chi connectivity index (χ4n) is 4.10. The molecule has 0 unspecified atom stereocenters. The first-order chi connectivity index (χ1) is 19.3. The van der Waals surface area contributed by atoms with Gasteiger partial charge in [-0.1, -0.05) is 32.0 Å². The van der Waals surface area contributed by atoms with Gasteiger partial charge in [-0.05, 0) is 43.4 Å². The van der Waals surface area contributed by atoms with E-state index in [9.17, 15) is 13.2 Å². The first kappa shape index (κ1) is 28.6.